The minimum atomic E-state index is -0.466. The summed E-state index contributed by atoms with van der Waals surface area (Å²) < 4.78 is 0. The monoisotopic (exact) mass is 320 g/mol. The van der Waals surface area contributed by atoms with Crippen molar-refractivity contribution in [2.45, 2.75) is 6.92 Å². The third-order valence-corrected chi connectivity index (χ3v) is 3.57. The Labute approximate surface area is 138 Å². The van der Waals surface area contributed by atoms with Crippen LogP contribution in [0.2, 0.25) is 0 Å². The topological polar surface area (TPSA) is 86.9 Å². The molecule has 24 heavy (non-hydrogen) atoms. The quantitative estimate of drug-likeness (QED) is 0.648. The summed E-state index contributed by atoms with van der Waals surface area (Å²) in [7, 11) is 0. The van der Waals surface area contributed by atoms with Gasteiger partial charge in [-0.05, 0) is 24.6 Å². The summed E-state index contributed by atoms with van der Waals surface area (Å²) in [6.45, 7) is 1.83. The molecule has 0 aliphatic heterocycles. The average Bonchev–Trinajstić information content (AvgIpc) is 3.11. The van der Waals surface area contributed by atoms with E-state index in [9.17, 15) is 9.59 Å². The Kier molecular flexibility index (Phi) is 4.38. The normalized spacial score (nSPS) is 10.2. The van der Waals surface area contributed by atoms with Crippen LogP contribution in [0.25, 0.3) is 11.3 Å². The first-order chi connectivity index (χ1) is 11.6. The molecule has 2 aromatic carbocycles. The highest BCUT2D eigenvalue weighted by molar-refractivity contribution is 5.99. The zero-order chi connectivity index (χ0) is 16.9. The van der Waals surface area contributed by atoms with E-state index in [2.05, 4.69) is 21.0 Å². The maximum absolute atomic E-state index is 12.1. The molecule has 0 aliphatic rings. The smallest absolute Gasteiger partial charge is 0.272 e. The number of amides is 2. The first-order valence-corrected chi connectivity index (χ1v) is 7.42. The van der Waals surface area contributed by atoms with Gasteiger partial charge in [0.15, 0.2) is 0 Å². The van der Waals surface area contributed by atoms with Crippen molar-refractivity contribution in [3.8, 4) is 11.3 Å². The minimum absolute atomic E-state index is 0.263. The zero-order valence-corrected chi connectivity index (χ0v) is 13.0. The maximum atomic E-state index is 12.1. The highest BCUT2D eigenvalue weighted by Crippen LogP contribution is 2.16. The Bertz CT molecular complexity index is 871. The van der Waals surface area contributed by atoms with Gasteiger partial charge in [0.1, 0.15) is 5.69 Å². The number of carbonyl (C=O) groups is 2. The molecule has 0 saturated heterocycles. The Morgan fingerprint density at radius 2 is 1.58 bits per heavy atom. The summed E-state index contributed by atoms with van der Waals surface area (Å²) in [4.78, 5) is 24.2. The molecule has 0 atom stereocenters. The van der Waals surface area contributed by atoms with E-state index in [-0.39, 0.29) is 11.6 Å². The summed E-state index contributed by atoms with van der Waals surface area (Å²) in [5.74, 6) is -0.837. The van der Waals surface area contributed by atoms with E-state index in [1.807, 2.05) is 49.4 Å². The lowest BCUT2D eigenvalue weighted by Gasteiger charge is -2.07. The molecule has 1 aromatic heterocycles. The van der Waals surface area contributed by atoms with Crippen LogP contribution in [-0.4, -0.2) is 22.0 Å². The summed E-state index contributed by atoms with van der Waals surface area (Å²) in [5.41, 5.74) is 7.94. The van der Waals surface area contributed by atoms with Crippen molar-refractivity contribution in [1.29, 1.82) is 0 Å². The van der Waals surface area contributed by atoms with Gasteiger partial charge in [-0.3, -0.25) is 25.5 Å². The largest absolute Gasteiger partial charge is 0.287 e. The molecule has 6 heteroatoms. The number of aromatic amines is 1. The SMILES string of the molecule is Cc1ccccc1C(=O)NNC(=O)c1cc(-c2ccccc2)n[nH]1. The second-order valence-corrected chi connectivity index (χ2v) is 5.26. The minimum Gasteiger partial charge on any atom is -0.272 e. The van der Waals surface area contributed by atoms with Gasteiger partial charge in [0.2, 0.25) is 0 Å². The fourth-order valence-electron chi connectivity index (χ4n) is 2.27. The van der Waals surface area contributed by atoms with Crippen LogP contribution in [0, 0.1) is 6.92 Å². The molecule has 0 saturated carbocycles. The average molecular weight is 320 g/mol. The fraction of sp³-hybridized carbons (Fsp3) is 0.0556. The Morgan fingerprint density at radius 3 is 2.33 bits per heavy atom. The lowest BCUT2D eigenvalue weighted by atomic mass is 10.1. The molecule has 3 aromatic rings. The van der Waals surface area contributed by atoms with Crippen molar-refractivity contribution in [1.82, 2.24) is 21.0 Å². The summed E-state index contributed by atoms with van der Waals surface area (Å²) in [6, 6.07) is 18.3. The molecular formula is C18H16N4O2. The van der Waals surface area contributed by atoms with E-state index in [1.165, 1.54) is 0 Å². The first-order valence-electron chi connectivity index (χ1n) is 7.42. The van der Waals surface area contributed by atoms with Crippen molar-refractivity contribution >= 4 is 11.8 Å². The number of hydrogen-bond acceptors (Lipinski definition) is 3. The summed E-state index contributed by atoms with van der Waals surface area (Å²) in [6.07, 6.45) is 0. The number of hydrazine groups is 1. The second-order valence-electron chi connectivity index (χ2n) is 5.26. The van der Waals surface area contributed by atoms with Gasteiger partial charge in [-0.1, -0.05) is 48.5 Å². The van der Waals surface area contributed by atoms with Crippen LogP contribution in [0.3, 0.4) is 0 Å². The van der Waals surface area contributed by atoms with Crippen LogP contribution in [-0.2, 0) is 0 Å². The zero-order valence-electron chi connectivity index (χ0n) is 13.0. The van der Waals surface area contributed by atoms with Crippen molar-refractivity contribution in [2.24, 2.45) is 0 Å². The molecule has 120 valence electrons. The number of aryl methyl sites for hydroxylation is 1. The van der Waals surface area contributed by atoms with E-state index in [4.69, 9.17) is 0 Å². The van der Waals surface area contributed by atoms with Crippen molar-refractivity contribution < 1.29 is 9.59 Å². The van der Waals surface area contributed by atoms with Gasteiger partial charge in [-0.25, -0.2) is 0 Å². The number of rotatable bonds is 3. The van der Waals surface area contributed by atoms with Crippen LogP contribution in [0.15, 0.2) is 60.7 Å². The molecule has 6 nitrogen and oxygen atoms in total. The number of benzene rings is 2. The van der Waals surface area contributed by atoms with Crippen LogP contribution in [0.1, 0.15) is 26.4 Å². The molecule has 0 bridgehead atoms. The number of hydrogen-bond donors (Lipinski definition) is 3. The molecule has 0 spiro atoms. The second kappa shape index (κ2) is 6.78. The Hall–Kier alpha value is -3.41. The van der Waals surface area contributed by atoms with Crippen LogP contribution in [0.5, 0.6) is 0 Å². The molecule has 3 N–H and O–H groups in total. The fourth-order valence-corrected chi connectivity index (χ4v) is 2.27. The van der Waals surface area contributed by atoms with E-state index in [1.54, 1.807) is 18.2 Å². The molecule has 0 fully saturated rings. The molecule has 0 unspecified atom stereocenters. The number of nitrogens with one attached hydrogen (secondary N) is 3. The lowest BCUT2D eigenvalue weighted by Crippen LogP contribution is -2.42. The molecule has 2 amide bonds. The van der Waals surface area contributed by atoms with Crippen LogP contribution in [0.4, 0.5) is 0 Å². The van der Waals surface area contributed by atoms with Crippen molar-refractivity contribution in [2.75, 3.05) is 0 Å². The first kappa shape index (κ1) is 15.5. The Balaban J connectivity index is 1.65. The molecule has 3 rings (SSSR count). The van der Waals surface area contributed by atoms with E-state index >= 15 is 0 Å². The van der Waals surface area contributed by atoms with Gasteiger partial charge in [0, 0.05) is 11.1 Å². The Morgan fingerprint density at radius 1 is 0.917 bits per heavy atom. The third-order valence-electron chi connectivity index (χ3n) is 3.57. The maximum Gasteiger partial charge on any atom is 0.287 e. The standard InChI is InChI=1S/C18H16N4O2/c1-12-7-5-6-10-14(12)17(23)21-22-18(24)16-11-15(19-20-16)13-8-3-2-4-9-13/h2-11H,1H3,(H,19,20)(H,21,23)(H,22,24). The summed E-state index contributed by atoms with van der Waals surface area (Å²) in [5, 5.41) is 6.77. The van der Waals surface area contributed by atoms with Gasteiger partial charge in [-0.2, -0.15) is 5.10 Å². The van der Waals surface area contributed by atoms with Gasteiger partial charge >= 0.3 is 0 Å². The van der Waals surface area contributed by atoms with Crippen LogP contribution < -0.4 is 10.9 Å². The van der Waals surface area contributed by atoms with Crippen molar-refractivity contribution in [3.05, 3.63) is 77.5 Å². The van der Waals surface area contributed by atoms with Crippen molar-refractivity contribution in [3.63, 3.8) is 0 Å². The third kappa shape index (κ3) is 3.33. The molecule has 1 heterocycles. The molecule has 0 radical (unpaired) electrons. The highest BCUT2D eigenvalue weighted by Gasteiger charge is 2.13. The van der Waals surface area contributed by atoms with Gasteiger partial charge in [0.25, 0.3) is 11.8 Å². The van der Waals surface area contributed by atoms with Gasteiger partial charge in [0.05, 0.1) is 5.69 Å². The highest BCUT2D eigenvalue weighted by atomic mass is 16.2. The van der Waals surface area contributed by atoms with Gasteiger partial charge < -0.3 is 0 Å². The number of H-pyrrole nitrogens is 1. The number of carbonyl (C=O) groups excluding carboxylic acids is 2. The van der Waals surface area contributed by atoms with E-state index < -0.39 is 5.91 Å². The summed E-state index contributed by atoms with van der Waals surface area (Å²) >= 11 is 0. The number of aromatic nitrogens is 2. The van der Waals surface area contributed by atoms with Crippen LogP contribution >= 0.6 is 0 Å². The predicted octanol–water partition coefficient (Wildman–Crippen LogP) is 2.46. The molecular weight excluding hydrogens is 304 g/mol. The number of nitrogens with zero attached hydrogens (tertiary/aromatic N) is 1. The lowest BCUT2D eigenvalue weighted by molar-refractivity contribution is 0.0843. The van der Waals surface area contributed by atoms with Gasteiger partial charge in [-0.15, -0.1) is 0 Å². The van der Waals surface area contributed by atoms with E-state index in [0.29, 0.717) is 11.3 Å². The predicted molar refractivity (Wildman–Crippen MR) is 90.1 cm³/mol. The van der Waals surface area contributed by atoms with E-state index in [0.717, 1.165) is 11.1 Å². The molecule has 0 aliphatic carbocycles.